The summed E-state index contributed by atoms with van der Waals surface area (Å²) in [6.07, 6.45) is 5.24. The van der Waals surface area contributed by atoms with Crippen LogP contribution in [0.15, 0.2) is 23.0 Å². The van der Waals surface area contributed by atoms with Crippen molar-refractivity contribution >= 4 is 5.82 Å². The van der Waals surface area contributed by atoms with E-state index < -0.39 is 0 Å². The van der Waals surface area contributed by atoms with E-state index in [9.17, 15) is 4.79 Å². The van der Waals surface area contributed by atoms with E-state index >= 15 is 0 Å². The Kier molecular flexibility index (Phi) is 4.29. The molecule has 2 aliphatic rings. The highest BCUT2D eigenvalue weighted by Gasteiger charge is 2.28. The van der Waals surface area contributed by atoms with Crippen molar-refractivity contribution in [2.24, 2.45) is 0 Å². The number of aryl methyl sites for hydroxylation is 2. The molecule has 0 spiro atoms. The number of aromatic nitrogens is 4. The van der Waals surface area contributed by atoms with Gasteiger partial charge >= 0.3 is 0 Å². The molecule has 6 nitrogen and oxygen atoms in total. The molecule has 1 saturated heterocycles. The molecule has 1 fully saturated rings. The van der Waals surface area contributed by atoms with Gasteiger partial charge in [-0.3, -0.25) is 4.79 Å². The maximum absolute atomic E-state index is 12.4. The SMILES string of the molecule is CC(C)(C)c1ccc(N2CCCC2Cn2nc3c(cc2=O)CCC3)nn1. The van der Waals surface area contributed by atoms with Crippen molar-refractivity contribution < 1.29 is 0 Å². The Hall–Kier alpha value is -2.24. The van der Waals surface area contributed by atoms with E-state index in [0.29, 0.717) is 6.54 Å². The molecule has 0 radical (unpaired) electrons. The molecule has 0 aromatic carbocycles. The first-order valence-electron chi connectivity index (χ1n) is 9.62. The Morgan fingerprint density at radius 3 is 2.73 bits per heavy atom. The van der Waals surface area contributed by atoms with Crippen LogP contribution in [0.1, 0.15) is 57.0 Å². The predicted molar refractivity (Wildman–Crippen MR) is 102 cm³/mol. The molecule has 4 rings (SSSR count). The molecule has 1 atom stereocenters. The van der Waals surface area contributed by atoms with Gasteiger partial charge in [-0.15, -0.1) is 5.10 Å². The average Bonchev–Trinajstić information content (AvgIpc) is 3.23. The fraction of sp³-hybridized carbons (Fsp3) is 0.600. The van der Waals surface area contributed by atoms with Gasteiger partial charge in [0.1, 0.15) is 0 Å². The topological polar surface area (TPSA) is 63.9 Å². The summed E-state index contributed by atoms with van der Waals surface area (Å²) in [5, 5.41) is 13.5. The second-order valence-corrected chi connectivity index (χ2v) is 8.51. The minimum Gasteiger partial charge on any atom is -0.350 e. The molecule has 1 aliphatic heterocycles. The van der Waals surface area contributed by atoms with Gasteiger partial charge in [0.25, 0.3) is 5.56 Å². The van der Waals surface area contributed by atoms with Gasteiger partial charge in [-0.25, -0.2) is 4.68 Å². The first kappa shape index (κ1) is 17.2. The van der Waals surface area contributed by atoms with Crippen LogP contribution in [0.4, 0.5) is 5.82 Å². The van der Waals surface area contributed by atoms with Gasteiger partial charge in [-0.2, -0.15) is 10.2 Å². The molecule has 1 unspecified atom stereocenters. The number of nitrogens with zero attached hydrogens (tertiary/aromatic N) is 5. The van der Waals surface area contributed by atoms with Gasteiger partial charge in [-0.1, -0.05) is 20.8 Å². The van der Waals surface area contributed by atoms with Crippen LogP contribution < -0.4 is 10.5 Å². The Morgan fingerprint density at radius 1 is 1.15 bits per heavy atom. The molecule has 2 aromatic rings. The lowest BCUT2D eigenvalue weighted by Gasteiger charge is -2.26. The van der Waals surface area contributed by atoms with E-state index in [-0.39, 0.29) is 17.0 Å². The number of hydrogen-bond acceptors (Lipinski definition) is 5. The van der Waals surface area contributed by atoms with E-state index in [1.165, 1.54) is 0 Å². The normalized spacial score (nSPS) is 19.8. The molecule has 0 N–H and O–H groups in total. The molecule has 26 heavy (non-hydrogen) atoms. The lowest BCUT2D eigenvalue weighted by atomic mass is 9.92. The number of anilines is 1. The minimum absolute atomic E-state index is 0.00239. The van der Waals surface area contributed by atoms with Crippen LogP contribution in [0.3, 0.4) is 0 Å². The number of rotatable bonds is 3. The molecule has 2 aromatic heterocycles. The lowest BCUT2D eigenvalue weighted by Crippen LogP contribution is -2.38. The smallest absolute Gasteiger partial charge is 0.267 e. The predicted octanol–water partition coefficient (Wildman–Crippen LogP) is 2.49. The summed E-state index contributed by atoms with van der Waals surface area (Å²) < 4.78 is 1.66. The Labute approximate surface area is 154 Å². The molecular formula is C20H27N5O. The van der Waals surface area contributed by atoms with E-state index in [1.807, 2.05) is 0 Å². The minimum atomic E-state index is -0.00239. The van der Waals surface area contributed by atoms with E-state index in [2.05, 4.69) is 53.1 Å². The summed E-state index contributed by atoms with van der Waals surface area (Å²) in [5.74, 6) is 0.898. The van der Waals surface area contributed by atoms with Crippen LogP contribution in [0.2, 0.25) is 0 Å². The van der Waals surface area contributed by atoms with Crippen molar-refractivity contribution in [3.05, 3.63) is 45.5 Å². The Morgan fingerprint density at radius 2 is 2.00 bits per heavy atom. The van der Waals surface area contributed by atoms with E-state index in [1.54, 1.807) is 10.7 Å². The zero-order valence-corrected chi connectivity index (χ0v) is 15.9. The molecule has 0 bridgehead atoms. The van der Waals surface area contributed by atoms with Crippen molar-refractivity contribution in [2.45, 2.75) is 70.9 Å². The standard InChI is InChI=1S/C20H27N5O/c1-20(2,3)17-9-10-18(22-21-17)24-11-5-7-15(24)13-25-19(26)12-14-6-4-8-16(14)23-25/h9-10,12,15H,4-8,11,13H2,1-3H3. The third-order valence-corrected chi connectivity index (χ3v) is 5.50. The van der Waals surface area contributed by atoms with Gasteiger partial charge in [0.15, 0.2) is 5.82 Å². The van der Waals surface area contributed by atoms with E-state index in [0.717, 1.165) is 61.4 Å². The zero-order valence-electron chi connectivity index (χ0n) is 15.9. The van der Waals surface area contributed by atoms with Crippen LogP contribution in [0.5, 0.6) is 0 Å². The third-order valence-electron chi connectivity index (χ3n) is 5.50. The first-order valence-corrected chi connectivity index (χ1v) is 9.62. The lowest BCUT2D eigenvalue weighted by molar-refractivity contribution is 0.480. The van der Waals surface area contributed by atoms with Crippen LogP contribution >= 0.6 is 0 Å². The molecule has 1 aliphatic carbocycles. The summed E-state index contributed by atoms with van der Waals surface area (Å²) in [7, 11) is 0. The average molecular weight is 353 g/mol. The van der Waals surface area contributed by atoms with Crippen molar-refractivity contribution in [3.63, 3.8) is 0 Å². The van der Waals surface area contributed by atoms with Gasteiger partial charge in [0.05, 0.1) is 24.0 Å². The monoisotopic (exact) mass is 353 g/mol. The van der Waals surface area contributed by atoms with Crippen LogP contribution in [0.25, 0.3) is 0 Å². The van der Waals surface area contributed by atoms with Gasteiger partial charge in [0, 0.05) is 18.0 Å². The highest BCUT2D eigenvalue weighted by atomic mass is 16.1. The third kappa shape index (κ3) is 3.24. The summed E-state index contributed by atoms with van der Waals surface area (Å²) >= 11 is 0. The number of fused-ring (bicyclic) bond motifs is 1. The molecule has 6 heteroatoms. The second kappa shape index (κ2) is 6.49. The Bertz CT molecular complexity index is 850. The summed E-state index contributed by atoms with van der Waals surface area (Å²) in [6, 6.07) is 6.16. The van der Waals surface area contributed by atoms with Crippen LogP contribution in [-0.4, -0.2) is 32.6 Å². The molecule has 0 saturated carbocycles. The fourth-order valence-corrected chi connectivity index (χ4v) is 3.98. The summed E-state index contributed by atoms with van der Waals surface area (Å²) in [4.78, 5) is 14.7. The van der Waals surface area contributed by atoms with Crippen molar-refractivity contribution in [1.29, 1.82) is 0 Å². The van der Waals surface area contributed by atoms with Crippen LogP contribution in [0, 0.1) is 0 Å². The quantitative estimate of drug-likeness (QED) is 0.848. The number of hydrogen-bond donors (Lipinski definition) is 0. The highest BCUT2D eigenvalue weighted by molar-refractivity contribution is 5.40. The van der Waals surface area contributed by atoms with Gasteiger partial charge in [-0.05, 0) is 49.8 Å². The van der Waals surface area contributed by atoms with Crippen molar-refractivity contribution in [1.82, 2.24) is 20.0 Å². The summed E-state index contributed by atoms with van der Waals surface area (Å²) in [6.45, 7) is 7.99. The van der Waals surface area contributed by atoms with Crippen molar-refractivity contribution in [3.8, 4) is 0 Å². The highest BCUT2D eigenvalue weighted by Crippen LogP contribution is 2.26. The van der Waals surface area contributed by atoms with Gasteiger partial charge < -0.3 is 4.90 Å². The molecule has 138 valence electrons. The zero-order chi connectivity index (χ0) is 18.3. The molecule has 0 amide bonds. The van der Waals surface area contributed by atoms with Crippen molar-refractivity contribution in [2.75, 3.05) is 11.4 Å². The maximum Gasteiger partial charge on any atom is 0.267 e. The molecule has 3 heterocycles. The second-order valence-electron chi connectivity index (χ2n) is 8.51. The first-order chi connectivity index (χ1) is 12.4. The largest absolute Gasteiger partial charge is 0.350 e. The summed E-state index contributed by atoms with van der Waals surface area (Å²) in [5.41, 5.74) is 3.25. The fourth-order valence-electron chi connectivity index (χ4n) is 3.98. The van der Waals surface area contributed by atoms with E-state index in [4.69, 9.17) is 0 Å². The Balaban J connectivity index is 1.55. The maximum atomic E-state index is 12.4. The van der Waals surface area contributed by atoms with Crippen LogP contribution in [-0.2, 0) is 24.8 Å². The molecular weight excluding hydrogens is 326 g/mol. The van der Waals surface area contributed by atoms with Gasteiger partial charge in [0.2, 0.25) is 0 Å².